The summed E-state index contributed by atoms with van der Waals surface area (Å²) in [6.45, 7) is 5.74. The number of nitrogens with zero attached hydrogens (tertiary/aromatic N) is 2. The van der Waals surface area contributed by atoms with E-state index in [0.29, 0.717) is 17.9 Å². The Kier molecular flexibility index (Phi) is 7.65. The van der Waals surface area contributed by atoms with Gasteiger partial charge in [-0.25, -0.2) is 4.98 Å². The zero-order valence-electron chi connectivity index (χ0n) is 20.4. The quantitative estimate of drug-likeness (QED) is 0.481. The van der Waals surface area contributed by atoms with Crippen molar-refractivity contribution in [2.45, 2.75) is 26.7 Å². The number of aryl methyl sites for hydroxylation is 1. The molecule has 7 nitrogen and oxygen atoms in total. The van der Waals surface area contributed by atoms with E-state index in [1.165, 1.54) is 0 Å². The first-order chi connectivity index (χ1) is 17.0. The topological polar surface area (TPSA) is 80.8 Å². The molecule has 182 valence electrons. The molecule has 0 bridgehead atoms. The molecule has 1 saturated heterocycles. The summed E-state index contributed by atoms with van der Waals surface area (Å²) in [5, 5.41) is 2.98. The van der Waals surface area contributed by atoms with E-state index in [2.05, 4.69) is 15.2 Å². The first kappa shape index (κ1) is 24.3. The summed E-state index contributed by atoms with van der Waals surface area (Å²) in [7, 11) is 1.65. The van der Waals surface area contributed by atoms with Crippen LogP contribution in [0.3, 0.4) is 0 Å². The molecule has 0 spiro atoms. The van der Waals surface area contributed by atoms with Gasteiger partial charge in [-0.1, -0.05) is 24.3 Å². The van der Waals surface area contributed by atoms with Crippen molar-refractivity contribution in [2.24, 2.45) is 5.92 Å². The van der Waals surface area contributed by atoms with Gasteiger partial charge in [0.05, 0.1) is 25.2 Å². The molecule has 1 fully saturated rings. The number of benzene rings is 2. The highest BCUT2D eigenvalue weighted by molar-refractivity contribution is 6.04. The molecule has 1 aromatic heterocycles. The van der Waals surface area contributed by atoms with Gasteiger partial charge in [-0.3, -0.25) is 9.59 Å². The van der Waals surface area contributed by atoms with Crippen LogP contribution in [-0.2, 0) is 9.53 Å². The number of carbonyl (C=O) groups excluding carboxylic acids is 2. The second-order valence-corrected chi connectivity index (χ2v) is 8.60. The van der Waals surface area contributed by atoms with E-state index in [1.54, 1.807) is 19.4 Å². The van der Waals surface area contributed by atoms with Gasteiger partial charge in [-0.15, -0.1) is 0 Å². The number of nitrogens with one attached hydrogen (secondary N) is 1. The average molecular weight is 474 g/mol. The maximum absolute atomic E-state index is 12.9. The van der Waals surface area contributed by atoms with Crippen molar-refractivity contribution in [1.82, 2.24) is 4.98 Å². The van der Waals surface area contributed by atoms with Crippen LogP contribution in [0.2, 0.25) is 0 Å². The highest BCUT2D eigenvalue weighted by atomic mass is 16.5. The lowest BCUT2D eigenvalue weighted by molar-refractivity contribution is -0.148. The van der Waals surface area contributed by atoms with Crippen molar-refractivity contribution >= 4 is 23.4 Å². The summed E-state index contributed by atoms with van der Waals surface area (Å²) in [5.41, 5.74) is 4.24. The summed E-state index contributed by atoms with van der Waals surface area (Å²) < 4.78 is 10.7. The number of para-hydroxylation sites is 1. The lowest BCUT2D eigenvalue weighted by atomic mass is 9.97. The lowest BCUT2D eigenvalue weighted by Gasteiger charge is -2.31. The van der Waals surface area contributed by atoms with Crippen molar-refractivity contribution in [3.05, 3.63) is 71.9 Å². The first-order valence-electron chi connectivity index (χ1n) is 11.9. The Morgan fingerprint density at radius 1 is 1.06 bits per heavy atom. The summed E-state index contributed by atoms with van der Waals surface area (Å²) in [6.07, 6.45) is 3.08. The third kappa shape index (κ3) is 5.62. The van der Waals surface area contributed by atoms with Crippen molar-refractivity contribution in [3.63, 3.8) is 0 Å². The summed E-state index contributed by atoms with van der Waals surface area (Å²) >= 11 is 0. The van der Waals surface area contributed by atoms with Crippen molar-refractivity contribution in [3.8, 4) is 16.9 Å². The van der Waals surface area contributed by atoms with Gasteiger partial charge in [0, 0.05) is 30.5 Å². The molecule has 1 N–H and O–H groups in total. The van der Waals surface area contributed by atoms with Crippen molar-refractivity contribution < 1.29 is 19.1 Å². The van der Waals surface area contributed by atoms with Crippen LogP contribution in [-0.4, -0.2) is 43.7 Å². The molecule has 3 aromatic rings. The molecule has 7 heteroatoms. The molecule has 2 heterocycles. The van der Waals surface area contributed by atoms with Crippen LogP contribution in [0.25, 0.3) is 11.1 Å². The molecule has 2 aromatic carbocycles. The fourth-order valence-corrected chi connectivity index (χ4v) is 4.37. The summed E-state index contributed by atoms with van der Waals surface area (Å²) in [6, 6.07) is 17.3. The number of pyridine rings is 1. The van der Waals surface area contributed by atoms with E-state index in [9.17, 15) is 9.59 Å². The van der Waals surface area contributed by atoms with Crippen molar-refractivity contribution in [1.29, 1.82) is 0 Å². The van der Waals surface area contributed by atoms with Crippen LogP contribution in [0.4, 0.5) is 11.5 Å². The Hall–Kier alpha value is -3.87. The van der Waals surface area contributed by atoms with Crippen LogP contribution in [0.15, 0.2) is 60.8 Å². The third-order valence-electron chi connectivity index (χ3n) is 6.34. The molecular formula is C28H31N3O4. The van der Waals surface area contributed by atoms with Gasteiger partial charge in [-0.2, -0.15) is 0 Å². The van der Waals surface area contributed by atoms with E-state index < -0.39 is 0 Å². The highest BCUT2D eigenvalue weighted by Gasteiger charge is 2.26. The normalized spacial score (nSPS) is 13.9. The molecule has 1 aliphatic rings. The average Bonchev–Trinajstić information content (AvgIpc) is 2.90. The Morgan fingerprint density at radius 2 is 1.83 bits per heavy atom. The van der Waals surface area contributed by atoms with Gasteiger partial charge < -0.3 is 19.7 Å². The second-order valence-electron chi connectivity index (χ2n) is 8.60. The number of methoxy groups -OCH3 is 1. The molecule has 0 aliphatic carbocycles. The standard InChI is InChI=1S/C28H31N3O4/c1-4-35-28(33)20-13-15-31(16-14-20)26-12-10-21(18-29-26)27(32)30-22-11-9-19(2)24(17-22)23-7-5-6-8-25(23)34-3/h5-12,17-18,20H,4,13-16H2,1-3H3,(H,30,32). The Labute approximate surface area is 206 Å². The van der Waals surface area contributed by atoms with E-state index in [4.69, 9.17) is 9.47 Å². The van der Waals surface area contributed by atoms with Crippen LogP contribution in [0, 0.1) is 12.8 Å². The first-order valence-corrected chi connectivity index (χ1v) is 11.9. The van der Waals surface area contributed by atoms with Gasteiger partial charge in [0.25, 0.3) is 5.91 Å². The molecular weight excluding hydrogens is 442 g/mol. The number of hydrogen-bond donors (Lipinski definition) is 1. The fraction of sp³-hybridized carbons (Fsp3) is 0.321. The molecule has 0 atom stereocenters. The molecule has 1 amide bonds. The molecule has 0 radical (unpaired) electrons. The van der Waals surface area contributed by atoms with Crippen LogP contribution >= 0.6 is 0 Å². The predicted molar refractivity (Wildman–Crippen MR) is 137 cm³/mol. The number of piperidine rings is 1. The largest absolute Gasteiger partial charge is 0.496 e. The SMILES string of the molecule is CCOC(=O)C1CCN(c2ccc(C(=O)Nc3ccc(C)c(-c4ccccc4OC)c3)cn2)CC1. The Morgan fingerprint density at radius 3 is 2.51 bits per heavy atom. The number of esters is 1. The van der Waals surface area contributed by atoms with Crippen LogP contribution in [0.5, 0.6) is 5.75 Å². The Bertz CT molecular complexity index is 1190. The van der Waals surface area contributed by atoms with Gasteiger partial charge in [0.1, 0.15) is 11.6 Å². The zero-order chi connectivity index (χ0) is 24.8. The monoisotopic (exact) mass is 473 g/mol. The molecule has 4 rings (SSSR count). The second kappa shape index (κ2) is 11.0. The third-order valence-corrected chi connectivity index (χ3v) is 6.34. The van der Waals surface area contributed by atoms with Crippen LogP contribution in [0.1, 0.15) is 35.7 Å². The fourth-order valence-electron chi connectivity index (χ4n) is 4.37. The highest BCUT2D eigenvalue weighted by Crippen LogP contribution is 2.33. The zero-order valence-corrected chi connectivity index (χ0v) is 20.4. The number of amides is 1. The maximum atomic E-state index is 12.9. The number of rotatable bonds is 7. The molecule has 35 heavy (non-hydrogen) atoms. The number of ether oxygens (including phenoxy) is 2. The Balaban J connectivity index is 1.42. The smallest absolute Gasteiger partial charge is 0.309 e. The minimum Gasteiger partial charge on any atom is -0.496 e. The number of aromatic nitrogens is 1. The minimum atomic E-state index is -0.222. The molecule has 1 aliphatic heterocycles. The van der Waals surface area contributed by atoms with Crippen molar-refractivity contribution in [2.75, 3.05) is 37.0 Å². The number of hydrogen-bond acceptors (Lipinski definition) is 6. The molecule has 0 unspecified atom stereocenters. The van der Waals surface area contributed by atoms with E-state index >= 15 is 0 Å². The maximum Gasteiger partial charge on any atom is 0.309 e. The minimum absolute atomic E-state index is 0.0495. The van der Waals surface area contributed by atoms with E-state index in [1.807, 2.05) is 62.4 Å². The van der Waals surface area contributed by atoms with Gasteiger partial charge >= 0.3 is 5.97 Å². The van der Waals surface area contributed by atoms with Crippen LogP contribution < -0.4 is 15.0 Å². The van der Waals surface area contributed by atoms with Gasteiger partial charge in [0.2, 0.25) is 0 Å². The predicted octanol–water partition coefficient (Wildman–Crippen LogP) is 5.10. The summed E-state index contributed by atoms with van der Waals surface area (Å²) in [5.74, 6) is 1.20. The van der Waals surface area contributed by atoms with E-state index in [-0.39, 0.29) is 17.8 Å². The van der Waals surface area contributed by atoms with Gasteiger partial charge in [0.15, 0.2) is 0 Å². The lowest BCUT2D eigenvalue weighted by Crippen LogP contribution is -2.37. The number of anilines is 2. The molecule has 0 saturated carbocycles. The van der Waals surface area contributed by atoms with Gasteiger partial charge in [-0.05, 0) is 68.1 Å². The number of carbonyl (C=O) groups is 2. The van der Waals surface area contributed by atoms with E-state index in [0.717, 1.165) is 54.2 Å². The summed E-state index contributed by atoms with van der Waals surface area (Å²) in [4.78, 5) is 31.5.